The van der Waals surface area contributed by atoms with E-state index in [2.05, 4.69) is 30.4 Å². The molecule has 0 aliphatic rings. The van der Waals surface area contributed by atoms with Gasteiger partial charge in [0.25, 0.3) is 5.91 Å². The molecule has 0 unspecified atom stereocenters. The van der Waals surface area contributed by atoms with Gasteiger partial charge >= 0.3 is 0 Å². The van der Waals surface area contributed by atoms with E-state index in [4.69, 9.17) is 10.7 Å². The Labute approximate surface area is 168 Å². The first-order chi connectivity index (χ1) is 13.4. The third-order valence-electron chi connectivity index (χ3n) is 4.63. The molecule has 0 atom stereocenters. The van der Waals surface area contributed by atoms with Crippen LogP contribution in [0.25, 0.3) is 21.5 Å². The molecule has 0 aliphatic carbocycles. The molecule has 0 spiro atoms. The fourth-order valence-corrected chi connectivity index (χ4v) is 4.27. The molecule has 0 saturated heterocycles. The van der Waals surface area contributed by atoms with Gasteiger partial charge in [-0.1, -0.05) is 35.9 Å². The molecule has 0 aliphatic heterocycles. The maximum atomic E-state index is 12.8. The topological polar surface area (TPSA) is 68.0 Å². The predicted octanol–water partition coefficient (Wildman–Crippen LogP) is 5.72. The lowest BCUT2D eigenvalue weighted by Crippen LogP contribution is -2.12. The maximum Gasteiger partial charge on any atom is 0.267 e. The number of anilines is 2. The second-order valence-electron chi connectivity index (χ2n) is 7.09. The number of rotatable bonds is 3. The minimum Gasteiger partial charge on any atom is -0.397 e. The van der Waals surface area contributed by atoms with Crippen LogP contribution in [0.2, 0.25) is 0 Å². The van der Waals surface area contributed by atoms with Gasteiger partial charge in [-0.3, -0.25) is 4.79 Å². The molecule has 28 heavy (non-hydrogen) atoms. The minimum absolute atomic E-state index is 0.206. The van der Waals surface area contributed by atoms with Gasteiger partial charge in [-0.2, -0.15) is 0 Å². The lowest BCUT2D eigenvalue weighted by atomic mass is 10.1. The molecule has 2 aromatic heterocycles. The summed E-state index contributed by atoms with van der Waals surface area (Å²) in [7, 11) is 0. The summed E-state index contributed by atoms with van der Waals surface area (Å²) < 4.78 is 0. The zero-order valence-corrected chi connectivity index (χ0v) is 16.9. The number of pyridine rings is 1. The number of carbonyl (C=O) groups excluding carboxylic acids is 1. The van der Waals surface area contributed by atoms with Crippen LogP contribution in [0.3, 0.4) is 0 Å². The van der Waals surface area contributed by atoms with Crippen molar-refractivity contribution < 1.29 is 4.79 Å². The van der Waals surface area contributed by atoms with Gasteiger partial charge in [-0.25, -0.2) is 4.98 Å². The van der Waals surface area contributed by atoms with Crippen LogP contribution in [0.5, 0.6) is 0 Å². The van der Waals surface area contributed by atoms with Crippen molar-refractivity contribution >= 4 is 38.8 Å². The van der Waals surface area contributed by atoms with E-state index in [-0.39, 0.29) is 5.91 Å². The van der Waals surface area contributed by atoms with E-state index in [1.165, 1.54) is 16.9 Å². The van der Waals surface area contributed by atoms with Crippen molar-refractivity contribution in [2.24, 2.45) is 0 Å². The van der Waals surface area contributed by atoms with Gasteiger partial charge in [-0.05, 0) is 56.2 Å². The summed E-state index contributed by atoms with van der Waals surface area (Å²) >= 11 is 1.32. The summed E-state index contributed by atoms with van der Waals surface area (Å²) in [6, 6.07) is 18.1. The monoisotopic (exact) mass is 387 g/mol. The Morgan fingerprint density at radius 2 is 1.61 bits per heavy atom. The first kappa shape index (κ1) is 18.2. The summed E-state index contributed by atoms with van der Waals surface area (Å²) in [5, 5.41) is 3.77. The highest BCUT2D eigenvalue weighted by atomic mass is 32.1. The number of aryl methyl sites for hydroxylation is 3. The second-order valence-corrected chi connectivity index (χ2v) is 8.09. The Kier molecular flexibility index (Phi) is 4.61. The summed E-state index contributed by atoms with van der Waals surface area (Å²) in [5.41, 5.74) is 12.8. The predicted molar refractivity (Wildman–Crippen MR) is 118 cm³/mol. The van der Waals surface area contributed by atoms with Crippen LogP contribution in [0, 0.1) is 20.8 Å². The lowest BCUT2D eigenvalue weighted by molar-refractivity contribution is 0.103. The van der Waals surface area contributed by atoms with Gasteiger partial charge in [0.1, 0.15) is 9.71 Å². The van der Waals surface area contributed by atoms with Crippen LogP contribution < -0.4 is 11.1 Å². The van der Waals surface area contributed by atoms with Crippen LogP contribution in [-0.2, 0) is 0 Å². The summed E-state index contributed by atoms with van der Waals surface area (Å²) in [5.74, 6) is -0.206. The van der Waals surface area contributed by atoms with Crippen molar-refractivity contribution in [3.63, 3.8) is 0 Å². The van der Waals surface area contributed by atoms with E-state index in [1.807, 2.05) is 50.2 Å². The number of amides is 1. The summed E-state index contributed by atoms with van der Waals surface area (Å²) in [4.78, 5) is 18.8. The first-order valence-corrected chi connectivity index (χ1v) is 9.88. The van der Waals surface area contributed by atoms with Gasteiger partial charge in [0.2, 0.25) is 0 Å². The summed E-state index contributed by atoms with van der Waals surface area (Å²) in [6.07, 6.45) is 0. The number of aromatic nitrogens is 1. The number of nitrogen functional groups attached to an aromatic ring is 1. The number of nitrogens with one attached hydrogen (secondary N) is 1. The van der Waals surface area contributed by atoms with Crippen molar-refractivity contribution in [2.45, 2.75) is 20.8 Å². The van der Waals surface area contributed by atoms with Gasteiger partial charge in [0, 0.05) is 16.6 Å². The smallest absolute Gasteiger partial charge is 0.267 e. The standard InChI is InChI=1S/C23H21N3OS/c1-13-4-6-16(7-5-13)19-9-8-18-20(24)21(28-23(18)26-19)22(27)25-17-11-14(2)10-15(3)12-17/h4-12H,24H2,1-3H3,(H,25,27). The molecule has 1 amide bonds. The van der Waals surface area contributed by atoms with Gasteiger partial charge in [-0.15, -0.1) is 11.3 Å². The molecule has 2 heterocycles. The molecule has 3 N–H and O–H groups in total. The third-order valence-corrected chi connectivity index (χ3v) is 5.74. The highest BCUT2D eigenvalue weighted by Crippen LogP contribution is 2.34. The van der Waals surface area contributed by atoms with Crippen LogP contribution in [-0.4, -0.2) is 10.9 Å². The van der Waals surface area contributed by atoms with Crippen LogP contribution in [0.15, 0.2) is 54.6 Å². The number of benzene rings is 2. The van der Waals surface area contributed by atoms with E-state index in [9.17, 15) is 4.79 Å². The number of carbonyl (C=O) groups is 1. The van der Waals surface area contributed by atoms with Gasteiger partial charge < -0.3 is 11.1 Å². The molecule has 4 rings (SSSR count). The quantitative estimate of drug-likeness (QED) is 0.472. The SMILES string of the molecule is Cc1ccc(-c2ccc3c(N)c(C(=O)Nc4cc(C)cc(C)c4)sc3n2)cc1. The highest BCUT2D eigenvalue weighted by molar-refractivity contribution is 7.21. The first-order valence-electron chi connectivity index (χ1n) is 9.06. The Bertz CT molecular complexity index is 1170. The van der Waals surface area contributed by atoms with Crippen LogP contribution in [0.4, 0.5) is 11.4 Å². The van der Waals surface area contributed by atoms with Crippen LogP contribution in [0.1, 0.15) is 26.4 Å². The van der Waals surface area contributed by atoms with E-state index >= 15 is 0 Å². The Morgan fingerprint density at radius 1 is 0.929 bits per heavy atom. The molecule has 4 aromatic rings. The number of hydrogen-bond acceptors (Lipinski definition) is 4. The van der Waals surface area contributed by atoms with Gasteiger partial charge in [0.15, 0.2) is 0 Å². The Morgan fingerprint density at radius 3 is 2.29 bits per heavy atom. The van der Waals surface area contributed by atoms with E-state index < -0.39 is 0 Å². The average molecular weight is 388 g/mol. The fraction of sp³-hybridized carbons (Fsp3) is 0.130. The highest BCUT2D eigenvalue weighted by Gasteiger charge is 2.18. The minimum atomic E-state index is -0.206. The molecule has 0 radical (unpaired) electrons. The normalized spacial score (nSPS) is 11.0. The molecular formula is C23H21N3OS. The average Bonchev–Trinajstić information content (AvgIpc) is 2.98. The molecular weight excluding hydrogens is 366 g/mol. The number of nitrogens with two attached hydrogens (primary N) is 1. The van der Waals surface area contributed by atoms with Crippen molar-refractivity contribution in [3.8, 4) is 11.3 Å². The summed E-state index contributed by atoms with van der Waals surface area (Å²) in [6.45, 7) is 6.07. The molecule has 0 bridgehead atoms. The Balaban J connectivity index is 1.68. The Hall–Kier alpha value is -3.18. The number of hydrogen-bond donors (Lipinski definition) is 2. The maximum absolute atomic E-state index is 12.8. The third kappa shape index (κ3) is 3.49. The second kappa shape index (κ2) is 7.09. The van der Waals surface area contributed by atoms with Crippen molar-refractivity contribution in [1.82, 2.24) is 4.98 Å². The molecule has 140 valence electrons. The molecule has 2 aromatic carbocycles. The van der Waals surface area contributed by atoms with E-state index in [1.54, 1.807) is 0 Å². The number of fused-ring (bicyclic) bond motifs is 1. The number of thiophene rings is 1. The fourth-order valence-electron chi connectivity index (χ4n) is 3.29. The van der Waals surface area contributed by atoms with Crippen molar-refractivity contribution in [1.29, 1.82) is 0 Å². The molecule has 0 saturated carbocycles. The number of nitrogens with zero attached hydrogens (tertiary/aromatic N) is 1. The zero-order chi connectivity index (χ0) is 19.8. The largest absolute Gasteiger partial charge is 0.397 e. The van der Waals surface area contributed by atoms with Crippen molar-refractivity contribution in [3.05, 3.63) is 76.2 Å². The van der Waals surface area contributed by atoms with E-state index in [0.717, 1.165) is 38.3 Å². The van der Waals surface area contributed by atoms with E-state index in [0.29, 0.717) is 10.6 Å². The molecule has 0 fully saturated rings. The lowest BCUT2D eigenvalue weighted by Gasteiger charge is -2.07. The molecule has 5 heteroatoms. The van der Waals surface area contributed by atoms with Crippen molar-refractivity contribution in [2.75, 3.05) is 11.1 Å². The van der Waals surface area contributed by atoms with Crippen LogP contribution >= 0.6 is 11.3 Å². The van der Waals surface area contributed by atoms with Gasteiger partial charge in [0.05, 0.1) is 11.4 Å². The zero-order valence-electron chi connectivity index (χ0n) is 16.0. The molecule has 4 nitrogen and oxygen atoms in total.